The lowest BCUT2D eigenvalue weighted by Crippen LogP contribution is -1.93. The highest BCUT2D eigenvalue weighted by Crippen LogP contribution is 2.12. The molecule has 0 aliphatic carbocycles. The Labute approximate surface area is 107 Å². The molecular formula is C15H29O2. The van der Waals surface area contributed by atoms with Crippen molar-refractivity contribution in [3.63, 3.8) is 0 Å². The van der Waals surface area contributed by atoms with E-state index in [2.05, 4.69) is 6.92 Å². The highest BCUT2D eigenvalue weighted by atomic mass is 16.4. The van der Waals surface area contributed by atoms with Crippen LogP contribution in [-0.2, 0) is 4.79 Å². The number of unbranched alkanes of at least 4 members (excludes halogenated alkanes) is 11. The van der Waals surface area contributed by atoms with Gasteiger partial charge in [0.15, 0.2) is 0 Å². The second-order valence-electron chi connectivity index (χ2n) is 4.89. The van der Waals surface area contributed by atoms with Crippen LogP contribution in [0.3, 0.4) is 0 Å². The summed E-state index contributed by atoms with van der Waals surface area (Å²) in [6, 6.07) is 0. The zero-order valence-electron chi connectivity index (χ0n) is 11.3. The predicted molar refractivity (Wildman–Crippen MR) is 73.0 cm³/mol. The number of hydrogen-bond acceptors (Lipinski definition) is 1. The third kappa shape index (κ3) is 15.5. The molecule has 0 aromatic heterocycles. The normalized spacial score (nSPS) is 10.6. The van der Waals surface area contributed by atoms with Gasteiger partial charge in [-0.2, -0.15) is 0 Å². The molecule has 0 saturated heterocycles. The second-order valence-corrected chi connectivity index (χ2v) is 4.89. The molecule has 17 heavy (non-hydrogen) atoms. The van der Waals surface area contributed by atoms with Crippen molar-refractivity contribution in [2.45, 2.75) is 83.5 Å². The molecule has 2 nitrogen and oxygen atoms in total. The fourth-order valence-corrected chi connectivity index (χ4v) is 2.04. The van der Waals surface area contributed by atoms with Crippen LogP contribution in [0.25, 0.3) is 0 Å². The van der Waals surface area contributed by atoms with Crippen LogP contribution in [0, 0.1) is 6.92 Å². The van der Waals surface area contributed by atoms with Crippen molar-refractivity contribution in [1.82, 2.24) is 0 Å². The van der Waals surface area contributed by atoms with Crippen molar-refractivity contribution in [3.8, 4) is 0 Å². The maximum absolute atomic E-state index is 10.3. The van der Waals surface area contributed by atoms with Gasteiger partial charge in [-0.1, -0.05) is 77.6 Å². The van der Waals surface area contributed by atoms with Gasteiger partial charge in [-0.15, -0.1) is 0 Å². The Hall–Kier alpha value is -0.530. The lowest BCUT2D eigenvalue weighted by Gasteiger charge is -2.02. The molecule has 1 N–H and O–H groups in total. The number of rotatable bonds is 13. The van der Waals surface area contributed by atoms with E-state index in [9.17, 15) is 4.79 Å². The monoisotopic (exact) mass is 241 g/mol. The average molecular weight is 241 g/mol. The second kappa shape index (κ2) is 13.5. The molecule has 0 bridgehead atoms. The van der Waals surface area contributed by atoms with E-state index in [1.807, 2.05) is 0 Å². The van der Waals surface area contributed by atoms with Crippen LogP contribution in [0.5, 0.6) is 0 Å². The van der Waals surface area contributed by atoms with Crippen LogP contribution in [0.2, 0.25) is 0 Å². The minimum absolute atomic E-state index is 0.340. The summed E-state index contributed by atoms with van der Waals surface area (Å²) in [5.41, 5.74) is 0. The third-order valence-corrected chi connectivity index (χ3v) is 3.14. The van der Waals surface area contributed by atoms with Crippen LogP contribution in [0.4, 0.5) is 0 Å². The van der Waals surface area contributed by atoms with Gasteiger partial charge >= 0.3 is 5.97 Å². The van der Waals surface area contributed by atoms with E-state index < -0.39 is 5.97 Å². The fourth-order valence-electron chi connectivity index (χ4n) is 2.04. The first-order chi connectivity index (χ1) is 8.27. The summed E-state index contributed by atoms with van der Waals surface area (Å²) >= 11 is 0. The largest absolute Gasteiger partial charge is 0.481 e. The van der Waals surface area contributed by atoms with Crippen molar-refractivity contribution in [3.05, 3.63) is 6.92 Å². The smallest absolute Gasteiger partial charge is 0.303 e. The molecule has 0 aromatic rings. The van der Waals surface area contributed by atoms with Crippen molar-refractivity contribution in [2.24, 2.45) is 0 Å². The van der Waals surface area contributed by atoms with E-state index in [4.69, 9.17) is 5.11 Å². The quantitative estimate of drug-likeness (QED) is 0.462. The molecule has 0 heterocycles. The maximum atomic E-state index is 10.3. The molecule has 0 saturated carbocycles. The van der Waals surface area contributed by atoms with Gasteiger partial charge in [0, 0.05) is 6.42 Å². The molecule has 101 valence electrons. The maximum Gasteiger partial charge on any atom is 0.303 e. The van der Waals surface area contributed by atoms with Gasteiger partial charge in [0.1, 0.15) is 0 Å². The Balaban J connectivity index is 2.91. The van der Waals surface area contributed by atoms with Crippen LogP contribution in [-0.4, -0.2) is 11.1 Å². The minimum atomic E-state index is -0.660. The van der Waals surface area contributed by atoms with E-state index in [-0.39, 0.29) is 0 Å². The molecule has 0 spiro atoms. The molecule has 0 unspecified atom stereocenters. The zero-order chi connectivity index (χ0) is 12.8. The molecule has 1 radical (unpaired) electrons. The zero-order valence-corrected chi connectivity index (χ0v) is 11.3. The highest BCUT2D eigenvalue weighted by Gasteiger charge is 1.96. The number of carboxylic acids is 1. The first-order valence-electron chi connectivity index (χ1n) is 7.28. The van der Waals surface area contributed by atoms with Gasteiger partial charge in [0.25, 0.3) is 0 Å². The van der Waals surface area contributed by atoms with E-state index >= 15 is 0 Å². The molecule has 2 heteroatoms. The van der Waals surface area contributed by atoms with Gasteiger partial charge < -0.3 is 5.11 Å². The number of hydrogen-bond donors (Lipinski definition) is 1. The lowest BCUT2D eigenvalue weighted by molar-refractivity contribution is -0.137. The SMILES string of the molecule is [CH2]CCCCCCCCCCCCCC(=O)O. The standard InChI is InChI=1S/C15H29O2/c1-2-3-4-5-6-7-8-9-10-11-12-13-14-15(16)17/h1-14H2,(H,16,17). The van der Waals surface area contributed by atoms with E-state index in [1.165, 1.54) is 57.8 Å². The van der Waals surface area contributed by atoms with Gasteiger partial charge in [0.2, 0.25) is 0 Å². The topological polar surface area (TPSA) is 37.3 Å². The summed E-state index contributed by atoms with van der Waals surface area (Å²) in [4.78, 5) is 10.3. The first-order valence-corrected chi connectivity index (χ1v) is 7.28. The van der Waals surface area contributed by atoms with Crippen molar-refractivity contribution >= 4 is 5.97 Å². The molecule has 0 aromatic carbocycles. The average Bonchev–Trinajstić information content (AvgIpc) is 2.30. The van der Waals surface area contributed by atoms with Crippen LogP contribution < -0.4 is 0 Å². The van der Waals surface area contributed by atoms with Crippen LogP contribution >= 0.6 is 0 Å². The lowest BCUT2D eigenvalue weighted by atomic mass is 10.0. The molecule has 0 fully saturated rings. The van der Waals surface area contributed by atoms with Crippen molar-refractivity contribution < 1.29 is 9.90 Å². The Kier molecular flexibility index (Phi) is 13.1. The summed E-state index contributed by atoms with van der Waals surface area (Å²) in [7, 11) is 0. The van der Waals surface area contributed by atoms with Gasteiger partial charge in [-0.25, -0.2) is 0 Å². The molecule has 0 amide bonds. The van der Waals surface area contributed by atoms with Crippen LogP contribution in [0.15, 0.2) is 0 Å². The molecular weight excluding hydrogens is 212 g/mol. The Morgan fingerprint density at radius 1 is 0.706 bits per heavy atom. The third-order valence-electron chi connectivity index (χ3n) is 3.14. The van der Waals surface area contributed by atoms with Crippen LogP contribution in [0.1, 0.15) is 83.5 Å². The van der Waals surface area contributed by atoms with Crippen molar-refractivity contribution in [2.75, 3.05) is 0 Å². The summed E-state index contributed by atoms with van der Waals surface area (Å²) < 4.78 is 0. The highest BCUT2D eigenvalue weighted by molar-refractivity contribution is 5.66. The molecule has 0 atom stereocenters. The fraction of sp³-hybridized carbons (Fsp3) is 0.867. The Bertz CT molecular complexity index is 166. The minimum Gasteiger partial charge on any atom is -0.481 e. The van der Waals surface area contributed by atoms with Gasteiger partial charge in [-0.05, 0) is 6.42 Å². The summed E-state index contributed by atoms with van der Waals surface area (Å²) in [6.45, 7) is 3.84. The number of carbonyl (C=O) groups is 1. The van der Waals surface area contributed by atoms with Gasteiger partial charge in [0.05, 0.1) is 0 Å². The predicted octanol–water partition coefficient (Wildman–Crippen LogP) is 4.98. The van der Waals surface area contributed by atoms with Crippen molar-refractivity contribution in [1.29, 1.82) is 0 Å². The number of aliphatic carboxylic acids is 1. The Morgan fingerprint density at radius 2 is 1.06 bits per heavy atom. The number of carboxylic acid groups (broad SMARTS) is 1. The van der Waals surface area contributed by atoms with E-state index in [0.717, 1.165) is 19.3 Å². The van der Waals surface area contributed by atoms with E-state index in [0.29, 0.717) is 6.42 Å². The first kappa shape index (κ1) is 16.5. The summed E-state index contributed by atoms with van der Waals surface area (Å²) in [6.07, 6.45) is 15.2. The molecule has 0 aliphatic rings. The summed E-state index contributed by atoms with van der Waals surface area (Å²) in [5.74, 6) is -0.660. The Morgan fingerprint density at radius 3 is 1.41 bits per heavy atom. The van der Waals surface area contributed by atoms with Gasteiger partial charge in [-0.3, -0.25) is 4.79 Å². The van der Waals surface area contributed by atoms with E-state index in [1.54, 1.807) is 0 Å². The summed E-state index contributed by atoms with van der Waals surface area (Å²) in [5, 5.41) is 8.47. The molecule has 0 aliphatic heterocycles. The molecule has 0 rings (SSSR count).